The maximum atomic E-state index is 12.3. The Bertz CT molecular complexity index is 806. The van der Waals surface area contributed by atoms with Crippen LogP contribution in [0.25, 0.3) is 5.78 Å². The Hall–Kier alpha value is -2.08. The third kappa shape index (κ3) is 1.76. The molecule has 3 aromatic heterocycles. The van der Waals surface area contributed by atoms with Gasteiger partial charge in [0.15, 0.2) is 5.78 Å². The average molecular weight is 284 g/mol. The quantitative estimate of drug-likeness (QED) is 0.688. The van der Waals surface area contributed by atoms with E-state index in [1.165, 1.54) is 4.88 Å². The number of ketones is 1. The predicted molar refractivity (Wildman–Crippen MR) is 75.2 cm³/mol. The van der Waals surface area contributed by atoms with E-state index in [1.807, 2.05) is 18.4 Å². The summed E-state index contributed by atoms with van der Waals surface area (Å²) >= 11 is 1.70. The maximum Gasteiger partial charge on any atom is 0.252 e. The first-order chi connectivity index (χ1) is 9.70. The van der Waals surface area contributed by atoms with E-state index in [0.29, 0.717) is 23.6 Å². The van der Waals surface area contributed by atoms with Gasteiger partial charge in [0.2, 0.25) is 0 Å². The topological polar surface area (TPSA) is 60.1 Å². The Balaban J connectivity index is 1.82. The molecule has 3 aromatic rings. The number of hydrogen-bond donors (Lipinski definition) is 0. The number of aromatic nitrogens is 4. The van der Waals surface area contributed by atoms with E-state index in [1.54, 1.807) is 22.0 Å². The number of carbonyl (C=O) groups excluding carboxylic acids is 1. The first-order valence-electron chi connectivity index (χ1n) is 6.50. The second kappa shape index (κ2) is 4.21. The van der Waals surface area contributed by atoms with Crippen LogP contribution in [0.2, 0.25) is 0 Å². The van der Waals surface area contributed by atoms with Crippen LogP contribution in [0.3, 0.4) is 0 Å². The fraction of sp³-hybridized carbons (Fsp3) is 0.286. The molecule has 1 aliphatic carbocycles. The molecule has 0 spiro atoms. The van der Waals surface area contributed by atoms with Gasteiger partial charge in [0.05, 0.1) is 11.3 Å². The molecule has 0 radical (unpaired) electrons. The van der Waals surface area contributed by atoms with Gasteiger partial charge in [0.25, 0.3) is 5.78 Å². The zero-order chi connectivity index (χ0) is 13.7. The molecular weight excluding hydrogens is 272 g/mol. The summed E-state index contributed by atoms with van der Waals surface area (Å²) in [5, 5.41) is 6.27. The zero-order valence-electron chi connectivity index (χ0n) is 10.9. The summed E-state index contributed by atoms with van der Waals surface area (Å²) < 4.78 is 1.59. The normalized spacial score (nSPS) is 18.4. The molecule has 0 saturated carbocycles. The molecule has 1 aliphatic rings. The lowest BCUT2D eigenvalue weighted by Gasteiger charge is -2.21. The van der Waals surface area contributed by atoms with Gasteiger partial charge in [-0.1, -0.05) is 6.07 Å². The van der Waals surface area contributed by atoms with Crippen LogP contribution in [0, 0.1) is 6.92 Å². The molecule has 20 heavy (non-hydrogen) atoms. The van der Waals surface area contributed by atoms with Crippen molar-refractivity contribution >= 4 is 22.9 Å². The van der Waals surface area contributed by atoms with Gasteiger partial charge in [0.1, 0.15) is 5.82 Å². The van der Waals surface area contributed by atoms with Gasteiger partial charge in [0, 0.05) is 23.4 Å². The minimum absolute atomic E-state index is 0.146. The second-order valence-corrected chi connectivity index (χ2v) is 6.03. The standard InChI is InChI=1S/C14H12N4OS/c1-8-15-14-16-11-5-9(13-3-2-4-20-13)6-12(19)10(11)7-18(14)17-8/h2-4,7,9H,5-6H2,1H3. The lowest BCUT2D eigenvalue weighted by Crippen LogP contribution is -2.20. The molecule has 0 N–H and O–H groups in total. The van der Waals surface area contributed by atoms with Crippen molar-refractivity contribution in [2.45, 2.75) is 25.7 Å². The highest BCUT2D eigenvalue weighted by molar-refractivity contribution is 7.10. The van der Waals surface area contributed by atoms with Gasteiger partial charge in [-0.25, -0.2) is 9.50 Å². The Labute approximate surface area is 119 Å². The van der Waals surface area contributed by atoms with Crippen molar-refractivity contribution in [2.75, 3.05) is 0 Å². The van der Waals surface area contributed by atoms with Crippen molar-refractivity contribution in [2.24, 2.45) is 0 Å². The molecule has 0 aliphatic heterocycles. The van der Waals surface area contributed by atoms with Gasteiger partial charge in [-0.3, -0.25) is 4.79 Å². The minimum Gasteiger partial charge on any atom is -0.294 e. The van der Waals surface area contributed by atoms with Crippen LogP contribution in [0.15, 0.2) is 23.7 Å². The SMILES string of the molecule is Cc1nc2nc3c(cn2n1)C(=O)CC(c1cccs1)C3. The number of aryl methyl sites for hydroxylation is 1. The van der Waals surface area contributed by atoms with E-state index in [2.05, 4.69) is 21.1 Å². The summed E-state index contributed by atoms with van der Waals surface area (Å²) in [5.74, 6) is 1.63. The monoisotopic (exact) mass is 284 g/mol. The number of rotatable bonds is 1. The summed E-state index contributed by atoms with van der Waals surface area (Å²) in [6.07, 6.45) is 3.11. The van der Waals surface area contributed by atoms with Crippen LogP contribution in [0.4, 0.5) is 0 Å². The molecule has 6 heteroatoms. The second-order valence-electron chi connectivity index (χ2n) is 5.05. The summed E-state index contributed by atoms with van der Waals surface area (Å²) in [5.41, 5.74) is 1.54. The number of carbonyl (C=O) groups is 1. The number of fused-ring (bicyclic) bond motifs is 2. The van der Waals surface area contributed by atoms with E-state index in [4.69, 9.17) is 0 Å². The highest BCUT2D eigenvalue weighted by Crippen LogP contribution is 2.34. The molecule has 0 bridgehead atoms. The lowest BCUT2D eigenvalue weighted by atomic mass is 9.86. The molecular formula is C14H12N4OS. The van der Waals surface area contributed by atoms with E-state index in [-0.39, 0.29) is 11.7 Å². The highest BCUT2D eigenvalue weighted by Gasteiger charge is 2.28. The fourth-order valence-electron chi connectivity index (χ4n) is 2.71. The molecule has 0 fully saturated rings. The molecule has 0 amide bonds. The Kier molecular flexibility index (Phi) is 2.47. The van der Waals surface area contributed by atoms with E-state index >= 15 is 0 Å². The van der Waals surface area contributed by atoms with Crippen LogP contribution in [0.5, 0.6) is 0 Å². The maximum absolute atomic E-state index is 12.3. The first-order valence-corrected chi connectivity index (χ1v) is 7.38. The number of hydrogen-bond acceptors (Lipinski definition) is 5. The van der Waals surface area contributed by atoms with Gasteiger partial charge in [-0.15, -0.1) is 11.3 Å². The summed E-state index contributed by atoms with van der Waals surface area (Å²) in [6, 6.07) is 4.12. The highest BCUT2D eigenvalue weighted by atomic mass is 32.1. The largest absolute Gasteiger partial charge is 0.294 e. The first kappa shape index (κ1) is 11.7. The summed E-state index contributed by atoms with van der Waals surface area (Å²) in [4.78, 5) is 22.4. The van der Waals surface area contributed by atoms with E-state index in [9.17, 15) is 4.79 Å². The van der Waals surface area contributed by atoms with Gasteiger partial charge in [-0.05, 0) is 24.8 Å². The van der Waals surface area contributed by atoms with Crippen molar-refractivity contribution in [1.82, 2.24) is 19.6 Å². The van der Waals surface area contributed by atoms with Crippen molar-refractivity contribution in [3.63, 3.8) is 0 Å². The van der Waals surface area contributed by atoms with Crippen molar-refractivity contribution < 1.29 is 4.79 Å². The van der Waals surface area contributed by atoms with Crippen molar-refractivity contribution in [1.29, 1.82) is 0 Å². The zero-order valence-corrected chi connectivity index (χ0v) is 11.7. The Morgan fingerprint density at radius 2 is 2.25 bits per heavy atom. The van der Waals surface area contributed by atoms with Gasteiger partial charge < -0.3 is 0 Å². The summed E-state index contributed by atoms with van der Waals surface area (Å²) in [7, 11) is 0. The van der Waals surface area contributed by atoms with Crippen LogP contribution >= 0.6 is 11.3 Å². The molecule has 100 valence electrons. The van der Waals surface area contributed by atoms with Crippen LogP contribution in [-0.4, -0.2) is 25.4 Å². The number of Topliss-reactive ketones (excluding diaryl/α,β-unsaturated/α-hetero) is 1. The van der Waals surface area contributed by atoms with Crippen LogP contribution in [-0.2, 0) is 6.42 Å². The number of thiophene rings is 1. The van der Waals surface area contributed by atoms with Crippen LogP contribution < -0.4 is 0 Å². The molecule has 4 rings (SSSR count). The van der Waals surface area contributed by atoms with Gasteiger partial charge >= 0.3 is 0 Å². The number of nitrogens with zero attached hydrogens (tertiary/aromatic N) is 4. The van der Waals surface area contributed by atoms with Crippen LogP contribution in [0.1, 0.15) is 39.1 Å². The third-order valence-corrected chi connectivity index (χ3v) is 4.67. The Morgan fingerprint density at radius 1 is 1.35 bits per heavy atom. The smallest absolute Gasteiger partial charge is 0.252 e. The Morgan fingerprint density at radius 3 is 3.05 bits per heavy atom. The van der Waals surface area contributed by atoms with Crippen molar-refractivity contribution in [3.8, 4) is 0 Å². The molecule has 1 unspecified atom stereocenters. The summed E-state index contributed by atoms with van der Waals surface area (Å²) in [6.45, 7) is 1.82. The molecule has 5 nitrogen and oxygen atoms in total. The van der Waals surface area contributed by atoms with E-state index in [0.717, 1.165) is 12.1 Å². The molecule has 1 atom stereocenters. The fourth-order valence-corrected chi connectivity index (χ4v) is 3.54. The van der Waals surface area contributed by atoms with E-state index < -0.39 is 0 Å². The molecule has 0 aromatic carbocycles. The minimum atomic E-state index is 0.146. The van der Waals surface area contributed by atoms with Gasteiger partial charge in [-0.2, -0.15) is 10.1 Å². The third-order valence-electron chi connectivity index (χ3n) is 3.63. The van der Waals surface area contributed by atoms with Crippen molar-refractivity contribution in [3.05, 3.63) is 45.7 Å². The molecule has 3 heterocycles. The molecule has 0 saturated heterocycles. The predicted octanol–water partition coefficient (Wildman–Crippen LogP) is 2.41. The lowest BCUT2D eigenvalue weighted by molar-refractivity contribution is 0.0963. The average Bonchev–Trinajstić information content (AvgIpc) is 3.04.